The van der Waals surface area contributed by atoms with Gasteiger partial charge in [0.15, 0.2) is 0 Å². The van der Waals surface area contributed by atoms with Crippen molar-refractivity contribution in [3.05, 3.63) is 76.0 Å². The van der Waals surface area contributed by atoms with E-state index in [1.165, 1.54) is 12.1 Å². The van der Waals surface area contributed by atoms with Crippen LogP contribution in [0.1, 0.15) is 17.3 Å². The molecule has 2 heterocycles. The topological polar surface area (TPSA) is 87.3 Å². The first kappa shape index (κ1) is 20.2. The summed E-state index contributed by atoms with van der Waals surface area (Å²) < 4.78 is 18.8. The molecular weight excluding hydrogens is 387 g/mol. The maximum Gasteiger partial charge on any atom is 0.272 e. The Balaban J connectivity index is 1.48. The van der Waals surface area contributed by atoms with E-state index in [0.717, 1.165) is 18.7 Å². The Labute approximate surface area is 172 Å². The summed E-state index contributed by atoms with van der Waals surface area (Å²) in [6.07, 6.45) is 0.0521. The third-order valence-corrected chi connectivity index (χ3v) is 5.34. The molecule has 1 aliphatic heterocycles. The molecule has 0 radical (unpaired) electrons. The molecule has 0 unspecified atom stereocenters. The van der Waals surface area contributed by atoms with Crippen LogP contribution in [0.4, 0.5) is 4.39 Å². The maximum atomic E-state index is 13.4. The third kappa shape index (κ3) is 4.55. The van der Waals surface area contributed by atoms with Crippen LogP contribution in [-0.4, -0.2) is 53.9 Å². The van der Waals surface area contributed by atoms with Gasteiger partial charge in [0.25, 0.3) is 5.56 Å². The summed E-state index contributed by atoms with van der Waals surface area (Å²) in [7, 11) is 0. The van der Waals surface area contributed by atoms with Crippen LogP contribution in [0.25, 0.3) is 10.8 Å². The molecule has 1 aromatic heterocycles. The summed E-state index contributed by atoms with van der Waals surface area (Å²) in [5.41, 5.74) is 1.18. The van der Waals surface area contributed by atoms with Crippen LogP contribution in [0, 0.1) is 5.82 Å². The number of benzene rings is 2. The van der Waals surface area contributed by atoms with Crippen molar-refractivity contribution in [3.8, 4) is 0 Å². The largest absolute Gasteiger partial charge is 0.379 e. The van der Waals surface area contributed by atoms with Gasteiger partial charge >= 0.3 is 0 Å². The second-order valence-corrected chi connectivity index (χ2v) is 7.24. The number of carbonyl (C=O) groups excluding carboxylic acids is 1. The fourth-order valence-corrected chi connectivity index (χ4v) is 3.76. The number of nitrogens with one attached hydrogen (secondary N) is 2. The third-order valence-electron chi connectivity index (χ3n) is 5.34. The number of rotatable bonds is 6. The van der Waals surface area contributed by atoms with E-state index in [0.29, 0.717) is 36.2 Å². The Kier molecular flexibility index (Phi) is 6.15. The number of fused-ring (bicyclic) bond motifs is 1. The highest BCUT2D eigenvalue weighted by Gasteiger charge is 2.23. The van der Waals surface area contributed by atoms with Crippen molar-refractivity contribution >= 4 is 16.7 Å². The number of nitrogens with zero attached hydrogens (tertiary/aromatic N) is 2. The van der Waals surface area contributed by atoms with E-state index >= 15 is 0 Å². The van der Waals surface area contributed by atoms with E-state index < -0.39 is 0 Å². The van der Waals surface area contributed by atoms with Gasteiger partial charge in [0.05, 0.1) is 36.8 Å². The van der Waals surface area contributed by atoms with Crippen molar-refractivity contribution < 1.29 is 13.9 Å². The minimum Gasteiger partial charge on any atom is -0.379 e. The SMILES string of the molecule is O=C(Cc1n[nH]c(=O)c2ccccc12)NC[C@H](c1ccc(F)cc1)N1CCOCC1. The van der Waals surface area contributed by atoms with Gasteiger partial charge < -0.3 is 10.1 Å². The molecule has 1 saturated heterocycles. The molecule has 8 heteroatoms. The van der Waals surface area contributed by atoms with E-state index in [1.807, 2.05) is 6.07 Å². The summed E-state index contributed by atoms with van der Waals surface area (Å²) >= 11 is 0. The lowest BCUT2D eigenvalue weighted by atomic mass is 10.0. The molecule has 0 saturated carbocycles. The first-order valence-electron chi connectivity index (χ1n) is 9.92. The second kappa shape index (κ2) is 9.15. The Morgan fingerprint density at radius 2 is 1.83 bits per heavy atom. The predicted molar refractivity (Wildman–Crippen MR) is 111 cm³/mol. The minimum atomic E-state index is -0.292. The van der Waals surface area contributed by atoms with Crippen LogP contribution in [0.15, 0.2) is 53.3 Å². The van der Waals surface area contributed by atoms with Crippen molar-refractivity contribution in [1.29, 1.82) is 0 Å². The Morgan fingerprint density at radius 1 is 1.13 bits per heavy atom. The molecule has 1 aliphatic rings. The summed E-state index contributed by atoms with van der Waals surface area (Å²) in [4.78, 5) is 26.8. The van der Waals surface area contributed by atoms with Gasteiger partial charge in [-0.15, -0.1) is 0 Å². The standard InChI is InChI=1S/C22H23FN4O3/c23-16-7-5-15(6-8-16)20(27-9-11-30-12-10-27)14-24-21(28)13-19-17-3-1-2-4-18(17)22(29)26-25-19/h1-8,20H,9-14H2,(H,24,28)(H,26,29)/t20-/m1/s1. The molecule has 30 heavy (non-hydrogen) atoms. The summed E-state index contributed by atoms with van der Waals surface area (Å²) in [5.74, 6) is -0.486. The van der Waals surface area contributed by atoms with Crippen LogP contribution < -0.4 is 10.9 Å². The van der Waals surface area contributed by atoms with Gasteiger partial charge in [-0.1, -0.05) is 30.3 Å². The van der Waals surface area contributed by atoms with Crippen molar-refractivity contribution in [2.45, 2.75) is 12.5 Å². The molecule has 1 fully saturated rings. The van der Waals surface area contributed by atoms with Crippen LogP contribution in [0.2, 0.25) is 0 Å². The Bertz CT molecular complexity index is 1080. The maximum absolute atomic E-state index is 13.4. The van der Waals surface area contributed by atoms with Crippen LogP contribution in [0.5, 0.6) is 0 Å². The van der Waals surface area contributed by atoms with Gasteiger partial charge in [-0.3, -0.25) is 14.5 Å². The molecule has 7 nitrogen and oxygen atoms in total. The van der Waals surface area contributed by atoms with Gasteiger partial charge in [-0.2, -0.15) is 5.10 Å². The highest BCUT2D eigenvalue weighted by atomic mass is 19.1. The van der Waals surface area contributed by atoms with Gasteiger partial charge in [0, 0.05) is 25.0 Å². The number of H-pyrrole nitrogens is 1. The molecule has 0 bridgehead atoms. The summed E-state index contributed by atoms with van der Waals surface area (Å²) in [6, 6.07) is 13.4. The predicted octanol–water partition coefficient (Wildman–Crippen LogP) is 1.79. The number of aromatic nitrogens is 2. The van der Waals surface area contributed by atoms with Gasteiger partial charge in [0.1, 0.15) is 5.82 Å². The first-order valence-corrected chi connectivity index (χ1v) is 9.92. The molecule has 1 amide bonds. The first-order chi connectivity index (χ1) is 14.6. The highest BCUT2D eigenvalue weighted by molar-refractivity contribution is 5.88. The zero-order valence-corrected chi connectivity index (χ0v) is 16.4. The molecule has 0 aliphatic carbocycles. The number of morpholine rings is 1. The lowest BCUT2D eigenvalue weighted by Crippen LogP contribution is -2.44. The molecule has 1 atom stereocenters. The zero-order valence-electron chi connectivity index (χ0n) is 16.4. The summed E-state index contributed by atoms with van der Waals surface area (Å²) in [5, 5.41) is 10.7. The average molecular weight is 410 g/mol. The van der Waals surface area contributed by atoms with Crippen LogP contribution in [0.3, 0.4) is 0 Å². The molecule has 2 N–H and O–H groups in total. The second-order valence-electron chi connectivity index (χ2n) is 7.24. The van der Waals surface area contributed by atoms with Crippen molar-refractivity contribution in [1.82, 2.24) is 20.4 Å². The highest BCUT2D eigenvalue weighted by Crippen LogP contribution is 2.22. The average Bonchev–Trinajstić information content (AvgIpc) is 2.78. The van der Waals surface area contributed by atoms with Gasteiger partial charge in [0.2, 0.25) is 5.91 Å². The summed E-state index contributed by atoms with van der Waals surface area (Å²) in [6.45, 7) is 3.11. The quantitative estimate of drug-likeness (QED) is 0.647. The number of carbonyl (C=O) groups is 1. The normalized spacial score (nSPS) is 15.8. The number of hydrogen-bond donors (Lipinski definition) is 2. The molecule has 3 aromatic rings. The molecule has 2 aromatic carbocycles. The lowest BCUT2D eigenvalue weighted by Gasteiger charge is -2.35. The van der Waals surface area contributed by atoms with E-state index in [4.69, 9.17) is 4.74 Å². The van der Waals surface area contributed by atoms with E-state index in [1.54, 1.807) is 30.3 Å². The molecule has 4 rings (SSSR count). The van der Waals surface area contributed by atoms with Crippen molar-refractivity contribution in [3.63, 3.8) is 0 Å². The van der Waals surface area contributed by atoms with E-state index in [-0.39, 0.29) is 29.7 Å². The van der Waals surface area contributed by atoms with E-state index in [9.17, 15) is 14.0 Å². The number of aromatic amines is 1. The number of amides is 1. The number of hydrogen-bond acceptors (Lipinski definition) is 5. The van der Waals surface area contributed by atoms with Crippen molar-refractivity contribution in [2.24, 2.45) is 0 Å². The smallest absolute Gasteiger partial charge is 0.272 e. The monoisotopic (exact) mass is 410 g/mol. The Hall–Kier alpha value is -3.10. The fraction of sp³-hybridized carbons (Fsp3) is 0.318. The van der Waals surface area contributed by atoms with Crippen LogP contribution >= 0.6 is 0 Å². The van der Waals surface area contributed by atoms with Crippen molar-refractivity contribution in [2.75, 3.05) is 32.8 Å². The van der Waals surface area contributed by atoms with Gasteiger partial charge in [-0.25, -0.2) is 9.49 Å². The number of halogens is 1. The molecule has 156 valence electrons. The van der Waals surface area contributed by atoms with Crippen LogP contribution in [-0.2, 0) is 16.0 Å². The molecular formula is C22H23FN4O3. The molecule has 0 spiro atoms. The number of ether oxygens (including phenoxy) is 1. The van der Waals surface area contributed by atoms with E-state index in [2.05, 4.69) is 20.4 Å². The van der Waals surface area contributed by atoms with Gasteiger partial charge in [-0.05, 0) is 23.8 Å². The Morgan fingerprint density at radius 3 is 2.57 bits per heavy atom. The lowest BCUT2D eigenvalue weighted by molar-refractivity contribution is -0.120. The minimum absolute atomic E-state index is 0.0521. The fourth-order valence-electron chi connectivity index (χ4n) is 3.76. The zero-order chi connectivity index (χ0) is 20.9.